The predicted octanol–water partition coefficient (Wildman–Crippen LogP) is 5.15. The van der Waals surface area contributed by atoms with Crippen LogP contribution in [-0.2, 0) is 0 Å². The summed E-state index contributed by atoms with van der Waals surface area (Å²) >= 11 is 0. The van der Waals surface area contributed by atoms with Gasteiger partial charge in [-0.1, -0.05) is 45.9 Å². The number of para-hydroxylation sites is 1. The van der Waals surface area contributed by atoms with Gasteiger partial charge in [-0.15, -0.1) is 0 Å². The van der Waals surface area contributed by atoms with Crippen molar-refractivity contribution in [3.8, 4) is 17.2 Å². The van der Waals surface area contributed by atoms with Gasteiger partial charge in [0, 0.05) is 6.07 Å². The summed E-state index contributed by atoms with van der Waals surface area (Å²) in [6.07, 6.45) is 0. The lowest BCUT2D eigenvalue weighted by Gasteiger charge is -2.06. The summed E-state index contributed by atoms with van der Waals surface area (Å²) in [6.45, 7) is 8.00. The average Bonchev–Trinajstić information content (AvgIpc) is 2.54. The number of phenolic OH excluding ortho intramolecular Hbond substituents is 1. The molecule has 0 spiro atoms. The molecule has 0 heterocycles. The number of hydrogen-bond donors (Lipinski definition) is 1. The summed E-state index contributed by atoms with van der Waals surface area (Å²) in [5.74, 6) is 0.424. The van der Waals surface area contributed by atoms with Crippen molar-refractivity contribution in [2.75, 3.05) is 0 Å². The second-order valence-electron chi connectivity index (χ2n) is 3.32. The summed E-state index contributed by atoms with van der Waals surface area (Å²) in [7, 11) is 0. The van der Waals surface area contributed by atoms with Crippen LogP contribution in [-0.4, -0.2) is 10.0 Å². The Morgan fingerprint density at radius 1 is 1.00 bits per heavy atom. The van der Waals surface area contributed by atoms with Crippen LogP contribution in [0.25, 0.3) is 0 Å². The van der Waals surface area contributed by atoms with E-state index in [1.54, 1.807) is 24.3 Å². The van der Waals surface area contributed by atoms with Crippen LogP contribution in [0.15, 0.2) is 48.5 Å². The van der Waals surface area contributed by atoms with E-state index in [1.165, 1.54) is 18.2 Å². The Morgan fingerprint density at radius 3 is 2.10 bits per heavy atom. The van der Waals surface area contributed by atoms with Gasteiger partial charge in [-0.05, 0) is 18.2 Å². The first-order chi connectivity index (χ1) is 10.2. The van der Waals surface area contributed by atoms with E-state index >= 15 is 0 Å². The van der Waals surface area contributed by atoms with Gasteiger partial charge in [-0.2, -0.15) is 0 Å². The number of nitro groups is 1. The molecule has 21 heavy (non-hydrogen) atoms. The first kappa shape index (κ1) is 18.4. The van der Waals surface area contributed by atoms with Crippen molar-refractivity contribution in [3.63, 3.8) is 0 Å². The van der Waals surface area contributed by atoms with Gasteiger partial charge in [-0.25, -0.2) is 0 Å². The summed E-state index contributed by atoms with van der Waals surface area (Å²) in [5, 5.41) is 20.1. The number of nitro benzene ring substituents is 1. The average molecular weight is 291 g/mol. The normalized spacial score (nSPS) is 8.57. The number of phenols is 1. The lowest BCUT2D eigenvalue weighted by molar-refractivity contribution is -0.384. The fraction of sp³-hybridized carbons (Fsp3) is 0.250. The summed E-state index contributed by atoms with van der Waals surface area (Å²) in [4.78, 5) is 10.0. The van der Waals surface area contributed by atoms with E-state index in [-0.39, 0.29) is 17.2 Å². The van der Waals surface area contributed by atoms with Crippen LogP contribution in [0.3, 0.4) is 0 Å². The van der Waals surface area contributed by atoms with Gasteiger partial charge >= 0.3 is 0 Å². The Kier molecular flexibility index (Phi) is 9.00. The van der Waals surface area contributed by atoms with E-state index < -0.39 is 4.92 Å². The van der Waals surface area contributed by atoms with Crippen LogP contribution < -0.4 is 4.74 Å². The first-order valence-electron chi connectivity index (χ1n) is 6.87. The van der Waals surface area contributed by atoms with Crippen LogP contribution in [0.2, 0.25) is 0 Å². The first-order valence-corrected chi connectivity index (χ1v) is 6.87. The third-order valence-corrected chi connectivity index (χ3v) is 2.13. The van der Waals surface area contributed by atoms with E-state index in [9.17, 15) is 15.2 Å². The number of nitrogens with zero attached hydrogens (tertiary/aromatic N) is 1. The molecule has 0 fully saturated rings. The third kappa shape index (κ3) is 5.95. The van der Waals surface area contributed by atoms with Gasteiger partial charge in [0.05, 0.1) is 11.0 Å². The van der Waals surface area contributed by atoms with Crippen molar-refractivity contribution >= 4 is 5.69 Å². The number of rotatable bonds is 3. The molecular formula is C16H21NO4. The molecule has 0 bridgehead atoms. The highest BCUT2D eigenvalue weighted by atomic mass is 16.6. The van der Waals surface area contributed by atoms with Gasteiger partial charge in [0.1, 0.15) is 5.75 Å². The van der Waals surface area contributed by atoms with Gasteiger partial charge in [0.2, 0.25) is 0 Å². The highest BCUT2D eigenvalue weighted by molar-refractivity contribution is 5.49. The Labute approximate surface area is 125 Å². The van der Waals surface area contributed by atoms with E-state index in [1.807, 2.05) is 33.8 Å². The van der Waals surface area contributed by atoms with E-state index in [0.29, 0.717) is 5.75 Å². The summed E-state index contributed by atoms with van der Waals surface area (Å²) in [6, 6.07) is 12.4. The summed E-state index contributed by atoms with van der Waals surface area (Å²) in [5.41, 5.74) is -0.131. The molecule has 0 saturated carbocycles. The molecule has 0 amide bonds. The van der Waals surface area contributed by atoms with Gasteiger partial charge in [0.15, 0.2) is 11.5 Å². The molecule has 2 aromatic rings. The van der Waals surface area contributed by atoms with Crippen LogP contribution in [0.1, 0.15) is 27.7 Å². The van der Waals surface area contributed by atoms with E-state index in [4.69, 9.17) is 4.74 Å². The van der Waals surface area contributed by atoms with Crippen molar-refractivity contribution in [1.82, 2.24) is 0 Å². The fourth-order valence-electron chi connectivity index (χ4n) is 1.31. The minimum Gasteiger partial charge on any atom is -0.504 e. The Morgan fingerprint density at radius 2 is 1.57 bits per heavy atom. The molecule has 0 aliphatic carbocycles. The molecule has 0 aliphatic heterocycles. The quantitative estimate of drug-likeness (QED) is 0.627. The van der Waals surface area contributed by atoms with Crippen molar-refractivity contribution in [2.45, 2.75) is 27.7 Å². The number of ether oxygens (including phenoxy) is 1. The predicted molar refractivity (Wildman–Crippen MR) is 84.0 cm³/mol. The minimum absolute atomic E-state index is 0.0606. The zero-order valence-electron chi connectivity index (χ0n) is 12.7. The topological polar surface area (TPSA) is 72.6 Å². The fourth-order valence-corrected chi connectivity index (χ4v) is 1.31. The van der Waals surface area contributed by atoms with Crippen LogP contribution in [0, 0.1) is 10.1 Å². The van der Waals surface area contributed by atoms with E-state index in [2.05, 4.69) is 0 Å². The van der Waals surface area contributed by atoms with Crippen molar-refractivity contribution in [3.05, 3.63) is 58.6 Å². The molecule has 0 aromatic heterocycles. The highest BCUT2D eigenvalue weighted by Gasteiger charge is 2.11. The van der Waals surface area contributed by atoms with Gasteiger partial charge in [0.25, 0.3) is 5.69 Å². The molecule has 2 aromatic carbocycles. The second kappa shape index (κ2) is 10.3. The third-order valence-electron chi connectivity index (χ3n) is 2.13. The molecule has 0 atom stereocenters. The van der Waals surface area contributed by atoms with Crippen molar-refractivity contribution in [2.24, 2.45) is 0 Å². The molecule has 0 radical (unpaired) electrons. The van der Waals surface area contributed by atoms with Crippen LogP contribution in [0.4, 0.5) is 5.69 Å². The second-order valence-corrected chi connectivity index (χ2v) is 3.32. The minimum atomic E-state index is -0.544. The zero-order chi connectivity index (χ0) is 16.3. The molecule has 1 N–H and O–H groups in total. The molecule has 0 aliphatic rings. The number of hydrogen-bond acceptors (Lipinski definition) is 4. The maximum absolute atomic E-state index is 10.6. The van der Waals surface area contributed by atoms with Gasteiger partial charge in [-0.3, -0.25) is 10.1 Å². The Balaban J connectivity index is 0.000000921. The SMILES string of the molecule is CC.CC.O=[N+]([O-])c1ccc(O)c(Oc2ccccc2)c1. The Bertz CT molecular complexity index is 541. The monoisotopic (exact) mass is 291 g/mol. The number of non-ortho nitro benzene ring substituents is 1. The molecular weight excluding hydrogens is 270 g/mol. The lowest BCUT2D eigenvalue weighted by atomic mass is 10.3. The molecule has 0 saturated heterocycles. The molecule has 5 heteroatoms. The zero-order valence-corrected chi connectivity index (χ0v) is 12.7. The standard InChI is InChI=1S/C12H9NO4.2C2H6/c14-11-7-6-9(13(15)16)8-12(11)17-10-4-2-1-3-5-10;2*1-2/h1-8,14H;2*1-2H3. The number of aromatic hydroxyl groups is 1. The van der Waals surface area contributed by atoms with Crippen LogP contribution in [0.5, 0.6) is 17.2 Å². The smallest absolute Gasteiger partial charge is 0.273 e. The maximum atomic E-state index is 10.6. The summed E-state index contributed by atoms with van der Waals surface area (Å²) < 4.78 is 5.35. The largest absolute Gasteiger partial charge is 0.504 e. The van der Waals surface area contributed by atoms with E-state index in [0.717, 1.165) is 0 Å². The maximum Gasteiger partial charge on any atom is 0.273 e. The lowest BCUT2D eigenvalue weighted by Crippen LogP contribution is -1.90. The van der Waals surface area contributed by atoms with Crippen LogP contribution >= 0.6 is 0 Å². The van der Waals surface area contributed by atoms with Crippen molar-refractivity contribution in [1.29, 1.82) is 0 Å². The highest BCUT2D eigenvalue weighted by Crippen LogP contribution is 2.33. The molecule has 5 nitrogen and oxygen atoms in total. The number of benzene rings is 2. The van der Waals surface area contributed by atoms with Crippen molar-refractivity contribution < 1.29 is 14.8 Å². The molecule has 114 valence electrons. The molecule has 0 unspecified atom stereocenters. The Hall–Kier alpha value is -2.56. The molecule has 2 rings (SSSR count). The van der Waals surface area contributed by atoms with Gasteiger partial charge < -0.3 is 9.84 Å².